The molecule has 1 amide bonds. The third-order valence-electron chi connectivity index (χ3n) is 3.86. The van der Waals surface area contributed by atoms with Crippen LogP contribution in [0, 0.1) is 0 Å². The largest absolute Gasteiger partial charge is 0.464 e. The van der Waals surface area contributed by atoms with E-state index < -0.39 is 5.76 Å². The average molecular weight is 352 g/mol. The summed E-state index contributed by atoms with van der Waals surface area (Å²) in [6.45, 7) is 1.08. The van der Waals surface area contributed by atoms with Crippen molar-refractivity contribution in [3.05, 3.63) is 54.0 Å². The van der Waals surface area contributed by atoms with Crippen LogP contribution >= 0.6 is 11.8 Å². The number of nitrogens with zero attached hydrogens (tertiary/aromatic N) is 1. The number of benzene rings is 1. The fraction of sp³-hybridized carbons (Fsp3) is 0.353. The van der Waals surface area contributed by atoms with Crippen LogP contribution in [0.25, 0.3) is 0 Å². The molecule has 0 saturated carbocycles. The second-order valence-corrected chi connectivity index (χ2v) is 6.47. The summed E-state index contributed by atoms with van der Waals surface area (Å²) in [6, 6.07) is 12.8. The van der Waals surface area contributed by atoms with Crippen molar-refractivity contribution in [2.45, 2.75) is 30.5 Å². The lowest BCUT2D eigenvalue weighted by Gasteiger charge is -2.16. The van der Waals surface area contributed by atoms with Gasteiger partial charge in [-0.15, -0.1) is 0 Å². The molecule has 1 N–H and O–H groups in total. The topological polar surface area (TPSA) is 45.5 Å². The van der Waals surface area contributed by atoms with Gasteiger partial charge in [-0.3, -0.25) is 10.1 Å². The predicted octanol–water partition coefficient (Wildman–Crippen LogP) is 3.63. The Labute approximate surface area is 143 Å². The van der Waals surface area contributed by atoms with Gasteiger partial charge in [-0.1, -0.05) is 30.0 Å². The van der Waals surface area contributed by atoms with Crippen molar-refractivity contribution in [1.82, 2.24) is 5.32 Å². The predicted molar refractivity (Wildman–Crippen MR) is 90.0 cm³/mol. The summed E-state index contributed by atoms with van der Waals surface area (Å²) in [5.74, 6) is -1.06. The van der Waals surface area contributed by atoms with Gasteiger partial charge in [-0.25, -0.2) is 0 Å². The summed E-state index contributed by atoms with van der Waals surface area (Å²) >= 11 is 0.531. The minimum Gasteiger partial charge on any atom is -0.464 e. The Morgan fingerprint density at radius 3 is 2.71 bits per heavy atom. The lowest BCUT2D eigenvalue weighted by atomic mass is 10.2. The number of carbonyl (C=O) groups excluding carboxylic acids is 1. The Morgan fingerprint density at radius 1 is 1.21 bits per heavy atom. The van der Waals surface area contributed by atoms with Gasteiger partial charge in [0.25, 0.3) is 5.76 Å². The number of halogens is 2. The highest BCUT2D eigenvalue weighted by Crippen LogP contribution is 2.23. The van der Waals surface area contributed by atoms with Crippen LogP contribution in [-0.4, -0.2) is 24.3 Å². The lowest BCUT2D eigenvalue weighted by Crippen LogP contribution is -2.37. The van der Waals surface area contributed by atoms with Gasteiger partial charge in [-0.05, 0) is 30.7 Å². The Balaban J connectivity index is 1.51. The highest BCUT2D eigenvalue weighted by molar-refractivity contribution is 7.98. The number of para-hydroxylation sites is 1. The average Bonchev–Trinajstić information content (AvgIpc) is 3.18. The van der Waals surface area contributed by atoms with E-state index in [4.69, 9.17) is 4.42 Å². The summed E-state index contributed by atoms with van der Waals surface area (Å²) in [4.78, 5) is 14.2. The number of thioether (sulfide) groups is 1. The highest BCUT2D eigenvalue weighted by Gasteiger charge is 2.32. The molecule has 0 radical (unpaired) electrons. The number of furan rings is 1. The molecular weight excluding hydrogens is 334 g/mol. The van der Waals surface area contributed by atoms with Crippen LogP contribution in [0.3, 0.4) is 0 Å². The highest BCUT2D eigenvalue weighted by atomic mass is 32.2. The van der Waals surface area contributed by atoms with Crippen molar-refractivity contribution < 1.29 is 18.0 Å². The third kappa shape index (κ3) is 4.15. The molecular formula is C17H18F2N2O2S. The second kappa shape index (κ2) is 7.81. The number of hydrogen-bond acceptors (Lipinski definition) is 4. The molecule has 1 aliphatic rings. The van der Waals surface area contributed by atoms with Gasteiger partial charge < -0.3 is 9.32 Å². The van der Waals surface area contributed by atoms with Gasteiger partial charge in [-0.2, -0.15) is 8.78 Å². The first-order valence-corrected chi connectivity index (χ1v) is 8.75. The zero-order valence-corrected chi connectivity index (χ0v) is 13.8. The van der Waals surface area contributed by atoms with Gasteiger partial charge in [0.05, 0.1) is 18.3 Å². The van der Waals surface area contributed by atoms with E-state index in [0.29, 0.717) is 36.4 Å². The smallest absolute Gasteiger partial charge is 0.284 e. The molecule has 1 aromatic carbocycles. The zero-order valence-electron chi connectivity index (χ0n) is 13.0. The van der Waals surface area contributed by atoms with Crippen LogP contribution in [0.1, 0.15) is 17.9 Å². The number of hydrogen-bond donors (Lipinski definition) is 1. The van der Waals surface area contributed by atoms with Crippen LogP contribution in [0.4, 0.5) is 14.5 Å². The van der Waals surface area contributed by atoms with Crippen LogP contribution in [-0.2, 0) is 17.1 Å². The van der Waals surface area contributed by atoms with Crippen molar-refractivity contribution in [3.63, 3.8) is 0 Å². The monoisotopic (exact) mass is 352 g/mol. The summed E-state index contributed by atoms with van der Waals surface area (Å²) in [5, 5.41) is 3.19. The van der Waals surface area contributed by atoms with Gasteiger partial charge >= 0.3 is 0 Å². The molecule has 1 fully saturated rings. The molecule has 1 saturated heterocycles. The van der Waals surface area contributed by atoms with Crippen LogP contribution < -0.4 is 10.2 Å². The van der Waals surface area contributed by atoms with Crippen molar-refractivity contribution >= 4 is 23.4 Å². The number of alkyl halides is 2. The molecule has 7 heteroatoms. The quantitative estimate of drug-likeness (QED) is 0.827. The van der Waals surface area contributed by atoms with E-state index in [9.17, 15) is 13.6 Å². The third-order valence-corrected chi connectivity index (χ3v) is 4.57. The van der Waals surface area contributed by atoms with Crippen molar-refractivity contribution in [2.24, 2.45) is 0 Å². The van der Waals surface area contributed by atoms with E-state index in [-0.39, 0.29) is 17.7 Å². The van der Waals surface area contributed by atoms with Gasteiger partial charge in [0, 0.05) is 12.2 Å². The number of anilines is 1. The van der Waals surface area contributed by atoms with E-state index in [1.54, 1.807) is 17.0 Å². The molecule has 3 rings (SSSR count). The minimum absolute atomic E-state index is 0.0428. The second-order valence-electron chi connectivity index (χ2n) is 5.49. The van der Waals surface area contributed by atoms with Crippen LogP contribution in [0.2, 0.25) is 0 Å². The Kier molecular flexibility index (Phi) is 5.52. The number of nitrogens with one attached hydrogen (secondary N) is 1. The molecule has 0 spiro atoms. The molecule has 1 aliphatic heterocycles. The van der Waals surface area contributed by atoms with E-state index in [0.717, 1.165) is 12.1 Å². The fourth-order valence-electron chi connectivity index (χ4n) is 2.70. The Morgan fingerprint density at radius 2 is 1.96 bits per heavy atom. The van der Waals surface area contributed by atoms with E-state index >= 15 is 0 Å². The number of carbonyl (C=O) groups is 1. The maximum atomic E-state index is 12.5. The number of rotatable bonds is 7. The van der Waals surface area contributed by atoms with Crippen LogP contribution in [0.15, 0.2) is 46.9 Å². The normalized spacial score (nSPS) is 17.9. The molecule has 1 atom stereocenters. The molecule has 24 heavy (non-hydrogen) atoms. The van der Waals surface area contributed by atoms with Crippen molar-refractivity contribution in [2.75, 3.05) is 11.4 Å². The SMILES string of the molecule is O=C1C(NCc2ccc(CSC(F)F)o2)CCN1c1ccccc1. The van der Waals surface area contributed by atoms with Crippen molar-refractivity contribution in [1.29, 1.82) is 0 Å². The molecule has 2 heterocycles. The van der Waals surface area contributed by atoms with Gasteiger partial charge in [0.15, 0.2) is 0 Å². The zero-order chi connectivity index (χ0) is 16.9. The summed E-state index contributed by atoms with van der Waals surface area (Å²) in [5.41, 5.74) is 0.899. The fourth-order valence-corrected chi connectivity index (χ4v) is 3.14. The molecule has 1 unspecified atom stereocenters. The first-order chi connectivity index (χ1) is 11.6. The van der Waals surface area contributed by atoms with Gasteiger partial charge in [0.2, 0.25) is 5.91 Å². The maximum Gasteiger partial charge on any atom is 0.284 e. The summed E-state index contributed by atoms with van der Waals surface area (Å²) < 4.78 is 29.8. The number of amides is 1. The summed E-state index contributed by atoms with van der Waals surface area (Å²) in [7, 11) is 0. The molecule has 0 aliphatic carbocycles. The molecule has 4 nitrogen and oxygen atoms in total. The maximum absolute atomic E-state index is 12.5. The van der Waals surface area contributed by atoms with E-state index in [1.165, 1.54) is 0 Å². The van der Waals surface area contributed by atoms with Crippen molar-refractivity contribution in [3.8, 4) is 0 Å². The Bertz CT molecular complexity index is 678. The van der Waals surface area contributed by atoms with E-state index in [2.05, 4.69) is 5.32 Å². The molecule has 0 bridgehead atoms. The molecule has 1 aromatic heterocycles. The minimum atomic E-state index is -2.41. The first-order valence-electron chi connectivity index (χ1n) is 7.70. The Hall–Kier alpha value is -1.86. The summed E-state index contributed by atoms with van der Waals surface area (Å²) in [6.07, 6.45) is 0.725. The lowest BCUT2D eigenvalue weighted by molar-refractivity contribution is -0.118. The standard InChI is InChI=1S/C17H18F2N2O2S/c18-17(19)24-11-14-7-6-13(23-14)10-20-15-8-9-21(16(15)22)12-4-2-1-3-5-12/h1-7,15,17,20H,8-11H2. The molecule has 128 valence electrons. The van der Waals surface area contributed by atoms with Gasteiger partial charge in [0.1, 0.15) is 11.5 Å². The first kappa shape index (κ1) is 17.0. The van der Waals surface area contributed by atoms with E-state index in [1.807, 2.05) is 30.3 Å². The van der Waals surface area contributed by atoms with Crippen LogP contribution in [0.5, 0.6) is 0 Å². The molecule has 2 aromatic rings.